The van der Waals surface area contributed by atoms with E-state index >= 15 is 0 Å². The molecule has 0 bridgehead atoms. The van der Waals surface area contributed by atoms with Crippen molar-refractivity contribution in [2.24, 2.45) is 5.92 Å². The zero-order chi connectivity index (χ0) is 32.6. The SMILES string of the molecule is COc1ccc(/C=C/CCCC[C@H](C)[C@@H]2OC(C)(C)O[C@H]2[C@@H](NC(=O)OC(C)(C)C)[C@H](O)CO[Si](C)(C)C(C)(C)C)cc1. The van der Waals surface area contributed by atoms with Crippen molar-refractivity contribution >= 4 is 20.5 Å². The van der Waals surface area contributed by atoms with Gasteiger partial charge in [-0.15, -0.1) is 0 Å². The van der Waals surface area contributed by atoms with Crippen LogP contribution in [0.15, 0.2) is 30.3 Å². The fraction of sp³-hybridized carbons (Fsp3) is 0.735. The third-order valence-electron chi connectivity index (χ3n) is 8.30. The highest BCUT2D eigenvalue weighted by molar-refractivity contribution is 6.74. The van der Waals surface area contributed by atoms with Gasteiger partial charge in [-0.25, -0.2) is 4.79 Å². The van der Waals surface area contributed by atoms with Crippen molar-refractivity contribution in [2.45, 2.75) is 142 Å². The Bertz CT molecular complexity index is 1030. The lowest BCUT2D eigenvalue weighted by Gasteiger charge is -2.39. The number of unbranched alkanes of at least 4 members (excludes halogenated alkanes) is 2. The molecule has 1 aromatic rings. The Hall–Kier alpha value is -1.91. The Labute approximate surface area is 262 Å². The summed E-state index contributed by atoms with van der Waals surface area (Å²) in [6, 6.07) is 7.24. The van der Waals surface area contributed by atoms with Crippen LogP contribution >= 0.6 is 0 Å². The fourth-order valence-corrected chi connectivity index (χ4v) is 5.84. The molecule has 0 aromatic heterocycles. The van der Waals surface area contributed by atoms with Crippen molar-refractivity contribution in [3.63, 3.8) is 0 Å². The molecule has 1 heterocycles. The average molecular weight is 622 g/mol. The Morgan fingerprint density at radius 2 is 1.67 bits per heavy atom. The van der Waals surface area contributed by atoms with E-state index in [-0.39, 0.29) is 23.7 Å². The second-order valence-corrected chi connectivity index (χ2v) is 19.6. The van der Waals surface area contributed by atoms with E-state index in [1.165, 1.54) is 0 Å². The fourth-order valence-electron chi connectivity index (χ4n) is 4.82. The van der Waals surface area contributed by atoms with E-state index in [1.54, 1.807) is 7.11 Å². The summed E-state index contributed by atoms with van der Waals surface area (Å²) >= 11 is 0. The van der Waals surface area contributed by atoms with Crippen molar-refractivity contribution in [3.8, 4) is 5.75 Å². The molecule has 1 aliphatic heterocycles. The first-order valence-corrected chi connectivity index (χ1v) is 18.6. The van der Waals surface area contributed by atoms with Crippen LogP contribution < -0.4 is 10.1 Å². The number of carbonyl (C=O) groups excluding carboxylic acids is 1. The second-order valence-electron chi connectivity index (χ2n) is 14.8. The molecule has 0 spiro atoms. The van der Waals surface area contributed by atoms with Gasteiger partial charge < -0.3 is 33.8 Å². The summed E-state index contributed by atoms with van der Waals surface area (Å²) in [6.07, 6.45) is 5.77. The molecular formula is C34H59NO7Si. The topological polar surface area (TPSA) is 95.5 Å². The van der Waals surface area contributed by atoms with Crippen LogP contribution in [0.4, 0.5) is 4.79 Å². The van der Waals surface area contributed by atoms with Gasteiger partial charge in [0.25, 0.3) is 0 Å². The van der Waals surface area contributed by atoms with Crippen molar-refractivity contribution in [1.82, 2.24) is 5.32 Å². The number of methoxy groups -OCH3 is 1. The number of allylic oxidation sites excluding steroid dienone is 1. The number of aliphatic hydroxyl groups excluding tert-OH is 1. The highest BCUT2D eigenvalue weighted by Crippen LogP contribution is 2.38. The molecule has 8 nitrogen and oxygen atoms in total. The Kier molecular flexibility index (Phi) is 13.3. The maximum atomic E-state index is 12.9. The molecular weight excluding hydrogens is 562 g/mol. The van der Waals surface area contributed by atoms with Gasteiger partial charge in [0.15, 0.2) is 14.1 Å². The predicted octanol–water partition coefficient (Wildman–Crippen LogP) is 7.70. The molecule has 1 amide bonds. The maximum Gasteiger partial charge on any atom is 0.408 e. The molecule has 2 rings (SSSR count). The molecule has 1 saturated heterocycles. The van der Waals surface area contributed by atoms with Crippen molar-refractivity contribution in [1.29, 1.82) is 0 Å². The quantitative estimate of drug-likeness (QED) is 0.162. The van der Waals surface area contributed by atoms with Crippen LogP contribution in [0.1, 0.15) is 93.6 Å². The van der Waals surface area contributed by atoms with Gasteiger partial charge in [0, 0.05) is 0 Å². The van der Waals surface area contributed by atoms with Crippen LogP contribution in [0.25, 0.3) is 6.08 Å². The van der Waals surface area contributed by atoms with Gasteiger partial charge in [0.05, 0.1) is 32.0 Å². The van der Waals surface area contributed by atoms with Gasteiger partial charge in [-0.3, -0.25) is 0 Å². The van der Waals surface area contributed by atoms with Crippen LogP contribution in [0.2, 0.25) is 18.1 Å². The minimum absolute atomic E-state index is 0.0172. The van der Waals surface area contributed by atoms with Gasteiger partial charge in [-0.05, 0) is 95.6 Å². The highest BCUT2D eigenvalue weighted by atomic mass is 28.4. The van der Waals surface area contributed by atoms with Crippen LogP contribution in [0, 0.1) is 5.92 Å². The molecule has 5 atom stereocenters. The van der Waals surface area contributed by atoms with Crippen LogP contribution in [-0.2, 0) is 18.6 Å². The third-order valence-corrected chi connectivity index (χ3v) is 12.8. The molecule has 1 fully saturated rings. The van der Waals surface area contributed by atoms with Gasteiger partial charge in [0.2, 0.25) is 0 Å². The molecule has 9 heteroatoms. The minimum Gasteiger partial charge on any atom is -0.497 e. The number of hydrogen-bond acceptors (Lipinski definition) is 7. The number of rotatable bonds is 14. The first-order valence-electron chi connectivity index (χ1n) is 15.7. The summed E-state index contributed by atoms with van der Waals surface area (Å²) < 4.78 is 30.0. The standard InChI is InChI=1S/C34H59NO7Si/c1-24(17-15-13-14-16-18-25-19-21-26(38-10)22-20-25)29-30(41-34(8,9)40-29)28(35-31(37)42-32(2,3)4)27(36)23-39-43(11,12)33(5,6)7/h16,18-22,24,27-30,36H,13-15,17,23H2,1-12H3,(H,35,37)/b18-16+/t24-,27+,28-,29-,30-/m0/s1. The largest absolute Gasteiger partial charge is 0.497 e. The van der Waals surface area contributed by atoms with E-state index < -0.39 is 44.0 Å². The number of aliphatic hydroxyl groups is 1. The molecule has 1 aromatic carbocycles. The number of amides is 1. The Morgan fingerprint density at radius 1 is 1.07 bits per heavy atom. The number of hydrogen-bond donors (Lipinski definition) is 2. The summed E-state index contributed by atoms with van der Waals surface area (Å²) in [5, 5.41) is 14.4. The number of alkyl carbamates (subject to hydrolysis) is 1. The number of carbonyl (C=O) groups is 1. The van der Waals surface area contributed by atoms with Gasteiger partial charge in [-0.1, -0.05) is 58.4 Å². The van der Waals surface area contributed by atoms with E-state index in [2.05, 4.69) is 58.3 Å². The van der Waals surface area contributed by atoms with Crippen LogP contribution in [0.3, 0.4) is 0 Å². The zero-order valence-electron chi connectivity index (χ0n) is 28.8. The smallest absolute Gasteiger partial charge is 0.408 e. The zero-order valence-corrected chi connectivity index (χ0v) is 29.8. The maximum absolute atomic E-state index is 12.9. The minimum atomic E-state index is -2.14. The third kappa shape index (κ3) is 12.2. The number of benzene rings is 1. The van der Waals surface area contributed by atoms with E-state index in [4.69, 9.17) is 23.4 Å². The number of ether oxygens (including phenoxy) is 4. The van der Waals surface area contributed by atoms with E-state index in [0.717, 1.165) is 37.0 Å². The Morgan fingerprint density at radius 3 is 2.23 bits per heavy atom. The molecule has 246 valence electrons. The molecule has 2 N–H and O–H groups in total. The average Bonchev–Trinajstić information content (AvgIpc) is 3.21. The van der Waals surface area contributed by atoms with E-state index in [1.807, 2.05) is 58.9 Å². The Balaban J connectivity index is 2.10. The molecule has 0 radical (unpaired) electrons. The first-order chi connectivity index (χ1) is 19.7. The van der Waals surface area contributed by atoms with Crippen molar-refractivity contribution in [2.75, 3.05) is 13.7 Å². The summed E-state index contributed by atoms with van der Waals surface area (Å²) in [7, 11) is -0.472. The van der Waals surface area contributed by atoms with Gasteiger partial charge >= 0.3 is 6.09 Å². The number of nitrogens with one attached hydrogen (secondary N) is 1. The predicted molar refractivity (Wildman–Crippen MR) is 176 cm³/mol. The second kappa shape index (κ2) is 15.4. The van der Waals surface area contributed by atoms with E-state index in [0.29, 0.717) is 0 Å². The van der Waals surface area contributed by atoms with Crippen molar-refractivity contribution < 1.29 is 33.3 Å². The van der Waals surface area contributed by atoms with Crippen LogP contribution in [0.5, 0.6) is 5.75 Å². The molecule has 0 aliphatic carbocycles. The summed E-state index contributed by atoms with van der Waals surface area (Å²) in [5.74, 6) is 0.122. The molecule has 43 heavy (non-hydrogen) atoms. The highest BCUT2D eigenvalue weighted by Gasteiger charge is 2.50. The molecule has 0 unspecified atom stereocenters. The first kappa shape index (κ1) is 37.3. The molecule has 0 saturated carbocycles. The monoisotopic (exact) mass is 621 g/mol. The molecule has 1 aliphatic rings. The van der Waals surface area contributed by atoms with Gasteiger partial charge in [-0.2, -0.15) is 0 Å². The van der Waals surface area contributed by atoms with E-state index in [9.17, 15) is 9.90 Å². The van der Waals surface area contributed by atoms with Crippen LogP contribution in [-0.4, -0.2) is 69.0 Å². The van der Waals surface area contributed by atoms with Gasteiger partial charge in [0.1, 0.15) is 17.5 Å². The lowest BCUT2D eigenvalue weighted by molar-refractivity contribution is -0.154. The summed E-state index contributed by atoms with van der Waals surface area (Å²) in [5.41, 5.74) is 0.466. The lowest BCUT2D eigenvalue weighted by Crippen LogP contribution is -2.58. The normalized spacial score (nSPS) is 21.4. The summed E-state index contributed by atoms with van der Waals surface area (Å²) in [4.78, 5) is 12.9. The summed E-state index contributed by atoms with van der Waals surface area (Å²) in [6.45, 7) is 22.2. The lowest BCUT2D eigenvalue weighted by atomic mass is 9.89. The van der Waals surface area contributed by atoms with Crippen molar-refractivity contribution in [3.05, 3.63) is 35.9 Å².